The Morgan fingerprint density at radius 2 is 1.56 bits per heavy atom. The summed E-state index contributed by atoms with van der Waals surface area (Å²) in [6, 6.07) is 2.02. The van der Waals surface area contributed by atoms with Gasteiger partial charge in [-0.3, -0.25) is 9.69 Å². The molecular formula is C32H55NO3. The molecule has 1 aliphatic heterocycles. The predicted octanol–water partition coefficient (Wildman–Crippen LogP) is 8.29. The van der Waals surface area contributed by atoms with Crippen LogP contribution in [-0.2, 0) is 11.2 Å². The molecular weight excluding hydrogens is 446 g/mol. The smallest absolute Gasteiger partial charge is 0.325 e. The molecule has 206 valence electrons. The highest BCUT2D eigenvalue weighted by Gasteiger charge is 2.33. The summed E-state index contributed by atoms with van der Waals surface area (Å²) in [5.41, 5.74) is 3.15. The summed E-state index contributed by atoms with van der Waals surface area (Å²) < 4.78 is 12.3. The van der Waals surface area contributed by atoms with Gasteiger partial charge in [0.05, 0.1) is 6.54 Å². The summed E-state index contributed by atoms with van der Waals surface area (Å²) in [5, 5.41) is 0. The fourth-order valence-corrected chi connectivity index (χ4v) is 5.45. The van der Waals surface area contributed by atoms with Crippen molar-refractivity contribution in [3.63, 3.8) is 0 Å². The van der Waals surface area contributed by atoms with E-state index in [1.165, 1.54) is 56.9 Å². The van der Waals surface area contributed by atoms with Gasteiger partial charge < -0.3 is 9.47 Å². The minimum Gasteiger partial charge on any atom is -0.487 e. The minimum absolute atomic E-state index is 0.113. The topological polar surface area (TPSA) is 38.8 Å². The minimum atomic E-state index is -0.223. The lowest BCUT2D eigenvalue weighted by Crippen LogP contribution is -2.37. The van der Waals surface area contributed by atoms with E-state index in [0.29, 0.717) is 5.75 Å². The average Bonchev–Trinajstić information content (AvgIpc) is 2.77. The molecule has 0 amide bonds. The summed E-state index contributed by atoms with van der Waals surface area (Å²) in [6.45, 7) is 16.2. The average molecular weight is 502 g/mol. The number of likely N-dealkylation sites (N-methyl/N-ethyl adjacent to an activating group) is 1. The van der Waals surface area contributed by atoms with E-state index in [1.54, 1.807) is 0 Å². The van der Waals surface area contributed by atoms with E-state index in [-0.39, 0.29) is 18.1 Å². The summed E-state index contributed by atoms with van der Waals surface area (Å²) >= 11 is 0. The molecule has 1 aromatic carbocycles. The van der Waals surface area contributed by atoms with Crippen LogP contribution in [0.25, 0.3) is 0 Å². The molecule has 0 bridgehead atoms. The number of aryl methyl sites for hydroxylation is 1. The van der Waals surface area contributed by atoms with Crippen molar-refractivity contribution in [2.24, 2.45) is 17.8 Å². The maximum atomic E-state index is 12.2. The Hall–Kier alpha value is -1.55. The van der Waals surface area contributed by atoms with E-state index in [0.717, 1.165) is 53.9 Å². The molecule has 0 spiro atoms. The van der Waals surface area contributed by atoms with Crippen LogP contribution in [0.15, 0.2) is 6.07 Å². The van der Waals surface area contributed by atoms with Gasteiger partial charge in [0, 0.05) is 0 Å². The van der Waals surface area contributed by atoms with E-state index in [9.17, 15) is 4.79 Å². The maximum Gasteiger partial charge on any atom is 0.325 e. The van der Waals surface area contributed by atoms with Gasteiger partial charge in [-0.2, -0.15) is 0 Å². The van der Waals surface area contributed by atoms with Gasteiger partial charge in [-0.15, -0.1) is 0 Å². The first-order chi connectivity index (χ1) is 16.9. The standard InChI is InChI=1S/C32H55NO3/c1-23(2)13-10-14-24(3)15-11-16-25(4)17-12-19-32(7)20-18-28-21-29(35-30(34)22-33(8)9)26(5)27(6)31(28)36-32/h21,23-25H,10-20,22H2,1-9H3/t24-,25-,32-/m1/s1. The first kappa shape index (κ1) is 30.7. The van der Waals surface area contributed by atoms with Gasteiger partial charge in [0.15, 0.2) is 0 Å². The Kier molecular flexibility index (Phi) is 12.3. The van der Waals surface area contributed by atoms with Gasteiger partial charge in [-0.25, -0.2) is 0 Å². The van der Waals surface area contributed by atoms with Crippen LogP contribution >= 0.6 is 0 Å². The second-order valence-electron chi connectivity index (χ2n) is 12.7. The SMILES string of the molecule is Cc1c(OC(=O)CN(C)C)cc2c(c1C)O[C@](C)(CCC[C@H](C)CCC[C@H](C)CCCC(C)C)CC2. The van der Waals surface area contributed by atoms with Crippen molar-refractivity contribution in [2.75, 3.05) is 20.6 Å². The summed E-state index contributed by atoms with van der Waals surface area (Å²) in [6.07, 6.45) is 13.8. The normalized spacial score (nSPS) is 19.2. The van der Waals surface area contributed by atoms with Gasteiger partial charge in [-0.05, 0) is 101 Å². The van der Waals surface area contributed by atoms with Crippen LogP contribution < -0.4 is 9.47 Å². The molecule has 0 unspecified atom stereocenters. The first-order valence-corrected chi connectivity index (χ1v) is 14.6. The highest BCUT2D eigenvalue weighted by Crippen LogP contribution is 2.42. The molecule has 0 saturated carbocycles. The molecule has 0 saturated heterocycles. The van der Waals surface area contributed by atoms with Gasteiger partial charge in [0.2, 0.25) is 0 Å². The van der Waals surface area contributed by atoms with Crippen LogP contribution in [0.2, 0.25) is 0 Å². The number of esters is 1. The third-order valence-corrected chi connectivity index (χ3v) is 8.09. The van der Waals surface area contributed by atoms with E-state index in [1.807, 2.05) is 32.0 Å². The molecule has 0 radical (unpaired) electrons. The van der Waals surface area contributed by atoms with Gasteiger partial charge >= 0.3 is 5.97 Å². The van der Waals surface area contributed by atoms with Crippen molar-refractivity contribution in [2.45, 2.75) is 125 Å². The molecule has 2 rings (SSSR count). The molecule has 3 atom stereocenters. The van der Waals surface area contributed by atoms with Crippen molar-refractivity contribution < 1.29 is 14.3 Å². The van der Waals surface area contributed by atoms with Crippen molar-refractivity contribution in [1.82, 2.24) is 4.90 Å². The van der Waals surface area contributed by atoms with Gasteiger partial charge in [0.1, 0.15) is 17.1 Å². The first-order valence-electron chi connectivity index (χ1n) is 14.6. The molecule has 0 aliphatic carbocycles. The van der Waals surface area contributed by atoms with Crippen LogP contribution in [0.4, 0.5) is 0 Å². The van der Waals surface area contributed by atoms with Crippen LogP contribution in [0.5, 0.6) is 11.5 Å². The molecule has 0 N–H and O–H groups in total. The summed E-state index contributed by atoms with van der Waals surface area (Å²) in [4.78, 5) is 14.0. The van der Waals surface area contributed by atoms with Gasteiger partial charge in [-0.1, -0.05) is 72.6 Å². The maximum absolute atomic E-state index is 12.2. The number of benzene rings is 1. The molecule has 1 aliphatic rings. The largest absolute Gasteiger partial charge is 0.487 e. The third kappa shape index (κ3) is 10.1. The molecule has 0 fully saturated rings. The zero-order chi connectivity index (χ0) is 26.9. The Morgan fingerprint density at radius 1 is 0.972 bits per heavy atom. The summed E-state index contributed by atoms with van der Waals surface area (Å²) in [5.74, 6) is 3.95. The van der Waals surface area contributed by atoms with E-state index in [4.69, 9.17) is 9.47 Å². The van der Waals surface area contributed by atoms with Gasteiger partial charge in [0.25, 0.3) is 0 Å². The highest BCUT2D eigenvalue weighted by atomic mass is 16.5. The fourth-order valence-electron chi connectivity index (χ4n) is 5.45. The van der Waals surface area contributed by atoms with Crippen LogP contribution in [0.3, 0.4) is 0 Å². The zero-order valence-electron chi connectivity index (χ0n) is 25.0. The number of carbonyl (C=O) groups is 1. The molecule has 1 aromatic rings. The molecule has 0 aromatic heterocycles. The highest BCUT2D eigenvalue weighted by molar-refractivity contribution is 5.75. The second-order valence-corrected chi connectivity index (χ2v) is 12.7. The van der Waals surface area contributed by atoms with Crippen molar-refractivity contribution in [1.29, 1.82) is 0 Å². The van der Waals surface area contributed by atoms with Crippen molar-refractivity contribution in [3.8, 4) is 11.5 Å². The van der Waals surface area contributed by atoms with Crippen molar-refractivity contribution >= 4 is 5.97 Å². The number of rotatable bonds is 15. The Labute approximate surface area is 222 Å². The second kappa shape index (κ2) is 14.4. The lowest BCUT2D eigenvalue weighted by Gasteiger charge is -2.37. The lowest BCUT2D eigenvalue weighted by atomic mass is 9.85. The van der Waals surface area contributed by atoms with Crippen molar-refractivity contribution in [3.05, 3.63) is 22.8 Å². The van der Waals surface area contributed by atoms with E-state index in [2.05, 4.69) is 41.5 Å². The van der Waals surface area contributed by atoms with Crippen LogP contribution in [-0.4, -0.2) is 37.1 Å². The number of hydrogen-bond acceptors (Lipinski definition) is 4. The number of fused-ring (bicyclic) bond motifs is 1. The molecule has 36 heavy (non-hydrogen) atoms. The number of ether oxygens (including phenoxy) is 2. The molecule has 4 nitrogen and oxygen atoms in total. The number of hydrogen-bond donors (Lipinski definition) is 0. The predicted molar refractivity (Wildman–Crippen MR) is 152 cm³/mol. The monoisotopic (exact) mass is 501 g/mol. The number of nitrogens with zero attached hydrogens (tertiary/aromatic N) is 1. The molecule has 1 heterocycles. The van der Waals surface area contributed by atoms with E-state index >= 15 is 0 Å². The zero-order valence-corrected chi connectivity index (χ0v) is 25.0. The number of carbonyl (C=O) groups excluding carboxylic acids is 1. The molecule has 4 heteroatoms. The Bertz CT molecular complexity index is 831. The summed E-state index contributed by atoms with van der Waals surface area (Å²) in [7, 11) is 3.75. The fraction of sp³-hybridized carbons (Fsp3) is 0.781. The Morgan fingerprint density at radius 3 is 2.14 bits per heavy atom. The van der Waals surface area contributed by atoms with Crippen LogP contribution in [0, 0.1) is 31.6 Å². The van der Waals surface area contributed by atoms with Crippen LogP contribution in [0.1, 0.15) is 116 Å². The Balaban J connectivity index is 1.80. The van der Waals surface area contributed by atoms with E-state index < -0.39 is 0 Å². The lowest BCUT2D eigenvalue weighted by molar-refractivity contribution is -0.135. The quantitative estimate of drug-likeness (QED) is 0.179. The third-order valence-electron chi connectivity index (χ3n) is 8.09.